The smallest absolute Gasteiger partial charge is 0.407 e. The Morgan fingerprint density at radius 2 is 1.42 bits per heavy atom. The second kappa shape index (κ2) is 13.1. The van der Waals surface area contributed by atoms with Crippen LogP contribution < -0.4 is 5.32 Å². The third kappa shape index (κ3) is 7.08. The van der Waals surface area contributed by atoms with Gasteiger partial charge in [-0.1, -0.05) is 74.7 Å². The Morgan fingerprint density at radius 3 is 2.06 bits per heavy atom. The molecule has 2 aromatic rings. The Labute approximate surface area is 186 Å². The molecule has 0 radical (unpaired) electrons. The minimum absolute atomic E-state index is 0.0865. The summed E-state index contributed by atoms with van der Waals surface area (Å²) in [6.07, 6.45) is 5.25. The van der Waals surface area contributed by atoms with Crippen LogP contribution in [-0.4, -0.2) is 45.7 Å². The molecule has 0 spiro atoms. The van der Waals surface area contributed by atoms with E-state index in [1.54, 1.807) is 0 Å². The summed E-state index contributed by atoms with van der Waals surface area (Å²) >= 11 is 0. The van der Waals surface area contributed by atoms with Crippen molar-refractivity contribution >= 4 is 6.09 Å². The molecule has 5 nitrogen and oxygen atoms in total. The van der Waals surface area contributed by atoms with Gasteiger partial charge in [0.25, 0.3) is 0 Å². The standard InChI is InChI=1S/C26H35NO4/c1-2-3-4-9-16-29-18-19-30-17-10-15-27-26(28)31-20-25-23-13-7-5-11-21(23)22-12-6-8-14-24(22)25/h5-8,11-14,25H,2-4,9-10,15-20H2,1H3,(H,27,28). The predicted molar refractivity (Wildman–Crippen MR) is 123 cm³/mol. The van der Waals surface area contributed by atoms with Gasteiger partial charge in [-0.3, -0.25) is 0 Å². The molecule has 1 N–H and O–H groups in total. The maximum atomic E-state index is 12.1. The maximum Gasteiger partial charge on any atom is 0.407 e. The summed E-state index contributed by atoms with van der Waals surface area (Å²) in [7, 11) is 0. The molecule has 3 rings (SSSR count). The number of hydrogen-bond acceptors (Lipinski definition) is 4. The van der Waals surface area contributed by atoms with Crippen LogP contribution >= 0.6 is 0 Å². The summed E-state index contributed by atoms with van der Waals surface area (Å²) < 4.78 is 16.6. The Kier molecular flexibility index (Phi) is 9.87. The molecule has 0 saturated heterocycles. The second-order valence-electron chi connectivity index (χ2n) is 7.89. The molecule has 0 fully saturated rings. The molecule has 5 heteroatoms. The highest BCUT2D eigenvalue weighted by Crippen LogP contribution is 2.44. The molecule has 1 aliphatic carbocycles. The van der Waals surface area contributed by atoms with Crippen molar-refractivity contribution in [2.75, 3.05) is 39.6 Å². The van der Waals surface area contributed by atoms with Crippen LogP contribution in [0.15, 0.2) is 48.5 Å². The quantitative estimate of drug-likeness (QED) is 0.404. The molecule has 2 aromatic carbocycles. The van der Waals surface area contributed by atoms with Gasteiger partial charge in [-0.2, -0.15) is 0 Å². The van der Waals surface area contributed by atoms with E-state index in [1.165, 1.54) is 41.5 Å². The highest BCUT2D eigenvalue weighted by molar-refractivity contribution is 5.79. The van der Waals surface area contributed by atoms with E-state index in [9.17, 15) is 4.79 Å². The summed E-state index contributed by atoms with van der Waals surface area (Å²) in [5, 5.41) is 2.81. The van der Waals surface area contributed by atoms with E-state index in [0.717, 1.165) is 19.4 Å². The zero-order valence-corrected chi connectivity index (χ0v) is 18.6. The number of benzene rings is 2. The van der Waals surface area contributed by atoms with Gasteiger partial charge < -0.3 is 19.5 Å². The first-order valence-electron chi connectivity index (χ1n) is 11.6. The van der Waals surface area contributed by atoms with Crippen LogP contribution in [0.4, 0.5) is 4.79 Å². The number of rotatable bonds is 14. The lowest BCUT2D eigenvalue weighted by atomic mass is 9.98. The van der Waals surface area contributed by atoms with E-state index in [1.807, 2.05) is 24.3 Å². The van der Waals surface area contributed by atoms with Crippen molar-refractivity contribution < 1.29 is 19.0 Å². The van der Waals surface area contributed by atoms with Crippen LogP contribution in [-0.2, 0) is 14.2 Å². The third-order valence-electron chi connectivity index (χ3n) is 5.59. The zero-order chi connectivity index (χ0) is 21.7. The average molecular weight is 426 g/mol. The van der Waals surface area contributed by atoms with Gasteiger partial charge in [-0.05, 0) is 35.1 Å². The molecular formula is C26H35NO4. The number of hydrogen-bond donors (Lipinski definition) is 1. The van der Waals surface area contributed by atoms with Crippen LogP contribution in [0.5, 0.6) is 0 Å². The SMILES string of the molecule is CCCCCCOCCOCCCNC(=O)OCC1c2ccccc2-c2ccccc21. The lowest BCUT2D eigenvalue weighted by Gasteiger charge is -2.14. The van der Waals surface area contributed by atoms with Gasteiger partial charge in [-0.15, -0.1) is 0 Å². The molecule has 31 heavy (non-hydrogen) atoms. The van der Waals surface area contributed by atoms with Gasteiger partial charge in [0.05, 0.1) is 13.2 Å². The van der Waals surface area contributed by atoms with Crippen molar-refractivity contribution in [3.05, 3.63) is 59.7 Å². The zero-order valence-electron chi connectivity index (χ0n) is 18.6. The van der Waals surface area contributed by atoms with Gasteiger partial charge in [0, 0.05) is 25.7 Å². The average Bonchev–Trinajstić information content (AvgIpc) is 3.12. The summed E-state index contributed by atoms with van der Waals surface area (Å²) in [6, 6.07) is 16.7. The van der Waals surface area contributed by atoms with Gasteiger partial charge in [0.2, 0.25) is 0 Å². The minimum atomic E-state index is -0.378. The normalized spacial score (nSPS) is 12.4. The van der Waals surface area contributed by atoms with Crippen molar-refractivity contribution in [1.82, 2.24) is 5.32 Å². The Hall–Kier alpha value is -2.37. The largest absolute Gasteiger partial charge is 0.449 e. The molecule has 0 unspecified atom stereocenters. The molecule has 0 aromatic heterocycles. The van der Waals surface area contributed by atoms with E-state index in [2.05, 4.69) is 36.5 Å². The van der Waals surface area contributed by atoms with E-state index in [0.29, 0.717) is 33.0 Å². The first-order chi connectivity index (χ1) is 15.3. The number of fused-ring (bicyclic) bond motifs is 3. The van der Waals surface area contributed by atoms with Crippen molar-refractivity contribution in [3.8, 4) is 11.1 Å². The van der Waals surface area contributed by atoms with Crippen LogP contribution in [0.2, 0.25) is 0 Å². The number of carbonyl (C=O) groups is 1. The van der Waals surface area contributed by atoms with Crippen molar-refractivity contribution in [2.24, 2.45) is 0 Å². The lowest BCUT2D eigenvalue weighted by Crippen LogP contribution is -2.27. The lowest BCUT2D eigenvalue weighted by molar-refractivity contribution is 0.0454. The molecule has 1 amide bonds. The van der Waals surface area contributed by atoms with E-state index in [4.69, 9.17) is 14.2 Å². The summed E-state index contributed by atoms with van der Waals surface area (Å²) in [6.45, 7) is 5.72. The molecule has 0 saturated carbocycles. The minimum Gasteiger partial charge on any atom is -0.449 e. The first-order valence-corrected chi connectivity index (χ1v) is 11.6. The Bertz CT molecular complexity index is 762. The van der Waals surface area contributed by atoms with E-state index in [-0.39, 0.29) is 12.0 Å². The number of nitrogens with one attached hydrogen (secondary N) is 1. The number of amides is 1. The highest BCUT2D eigenvalue weighted by atomic mass is 16.5. The molecule has 0 bridgehead atoms. The summed E-state index contributed by atoms with van der Waals surface area (Å²) in [5.74, 6) is 0.0865. The molecule has 168 valence electrons. The Morgan fingerprint density at radius 1 is 0.806 bits per heavy atom. The van der Waals surface area contributed by atoms with E-state index < -0.39 is 0 Å². The van der Waals surface area contributed by atoms with Gasteiger partial charge in [-0.25, -0.2) is 4.79 Å². The fourth-order valence-electron chi connectivity index (χ4n) is 3.97. The second-order valence-corrected chi connectivity index (χ2v) is 7.89. The highest BCUT2D eigenvalue weighted by Gasteiger charge is 2.28. The number of unbranched alkanes of at least 4 members (excludes halogenated alkanes) is 3. The summed E-state index contributed by atoms with van der Waals surface area (Å²) in [5.41, 5.74) is 4.90. The van der Waals surface area contributed by atoms with Gasteiger partial charge >= 0.3 is 6.09 Å². The third-order valence-corrected chi connectivity index (χ3v) is 5.59. The van der Waals surface area contributed by atoms with Crippen LogP contribution in [0.1, 0.15) is 56.1 Å². The molecule has 0 heterocycles. The number of carbonyl (C=O) groups excluding carboxylic acids is 1. The molecule has 1 aliphatic rings. The van der Waals surface area contributed by atoms with Crippen LogP contribution in [0.25, 0.3) is 11.1 Å². The van der Waals surface area contributed by atoms with E-state index >= 15 is 0 Å². The maximum absolute atomic E-state index is 12.1. The topological polar surface area (TPSA) is 56.8 Å². The van der Waals surface area contributed by atoms with Crippen molar-refractivity contribution in [2.45, 2.75) is 44.9 Å². The monoisotopic (exact) mass is 425 g/mol. The van der Waals surface area contributed by atoms with Crippen molar-refractivity contribution in [3.63, 3.8) is 0 Å². The Balaban J connectivity index is 1.26. The van der Waals surface area contributed by atoms with Crippen molar-refractivity contribution in [1.29, 1.82) is 0 Å². The first kappa shape index (κ1) is 23.3. The number of alkyl carbamates (subject to hydrolysis) is 1. The van der Waals surface area contributed by atoms with Crippen LogP contribution in [0, 0.1) is 0 Å². The summed E-state index contributed by atoms with van der Waals surface area (Å²) in [4.78, 5) is 12.1. The predicted octanol–water partition coefficient (Wildman–Crippen LogP) is 5.53. The molecule has 0 atom stereocenters. The fraction of sp³-hybridized carbons (Fsp3) is 0.500. The molecule has 0 aliphatic heterocycles. The van der Waals surface area contributed by atoms with Gasteiger partial charge in [0.15, 0.2) is 0 Å². The fourth-order valence-corrected chi connectivity index (χ4v) is 3.97. The van der Waals surface area contributed by atoms with Gasteiger partial charge in [0.1, 0.15) is 6.61 Å². The molecular weight excluding hydrogens is 390 g/mol. The van der Waals surface area contributed by atoms with Crippen LogP contribution in [0.3, 0.4) is 0 Å². The number of ether oxygens (including phenoxy) is 3.